The molecule has 82 valence electrons. The van der Waals surface area contributed by atoms with E-state index in [2.05, 4.69) is 15.6 Å². The molecule has 1 aromatic rings. The summed E-state index contributed by atoms with van der Waals surface area (Å²) in [4.78, 5) is 16.1. The van der Waals surface area contributed by atoms with E-state index in [0.717, 1.165) is 5.56 Å². The molecule has 4 nitrogen and oxygen atoms in total. The number of aliphatic imine (C=N–C) groups is 1. The highest BCUT2D eigenvalue weighted by Crippen LogP contribution is 2.23. The van der Waals surface area contributed by atoms with Crippen LogP contribution in [0.25, 0.3) is 0 Å². The molecule has 3 rings (SSSR count). The quantitative estimate of drug-likeness (QED) is 0.772. The average molecular weight is 215 g/mol. The van der Waals surface area contributed by atoms with Gasteiger partial charge in [0.1, 0.15) is 0 Å². The van der Waals surface area contributed by atoms with Gasteiger partial charge in [0.2, 0.25) is 0 Å². The summed E-state index contributed by atoms with van der Waals surface area (Å²) < 4.78 is 0. The minimum Gasteiger partial charge on any atom is -0.353 e. The molecule has 1 fully saturated rings. The Morgan fingerprint density at radius 3 is 2.69 bits per heavy atom. The minimum absolute atomic E-state index is 0.0469. The van der Waals surface area contributed by atoms with E-state index in [1.165, 1.54) is 12.8 Å². The van der Waals surface area contributed by atoms with Crippen LogP contribution in [0.15, 0.2) is 35.3 Å². The van der Waals surface area contributed by atoms with E-state index in [0.29, 0.717) is 12.0 Å². The summed E-state index contributed by atoms with van der Waals surface area (Å²) in [6, 6.07) is 9.75. The molecule has 2 aliphatic rings. The van der Waals surface area contributed by atoms with Gasteiger partial charge in [-0.1, -0.05) is 30.3 Å². The number of hydrogen-bond donors (Lipinski definition) is 2. The topological polar surface area (TPSA) is 53.5 Å². The predicted molar refractivity (Wildman–Crippen MR) is 60.9 cm³/mol. The predicted octanol–water partition coefficient (Wildman–Crippen LogP) is 0.965. The van der Waals surface area contributed by atoms with Gasteiger partial charge in [0, 0.05) is 6.04 Å². The van der Waals surface area contributed by atoms with Gasteiger partial charge >= 0.3 is 0 Å². The summed E-state index contributed by atoms with van der Waals surface area (Å²) in [6.07, 6.45) is 2.34. The van der Waals surface area contributed by atoms with E-state index in [-0.39, 0.29) is 11.9 Å². The van der Waals surface area contributed by atoms with Crippen LogP contribution in [0, 0.1) is 0 Å². The average Bonchev–Trinajstić information content (AvgIpc) is 3.03. The van der Waals surface area contributed by atoms with Crippen molar-refractivity contribution in [2.45, 2.75) is 24.9 Å². The van der Waals surface area contributed by atoms with Gasteiger partial charge in [-0.15, -0.1) is 0 Å². The number of guanidine groups is 1. The first-order valence-electron chi connectivity index (χ1n) is 5.53. The number of benzene rings is 1. The van der Waals surface area contributed by atoms with E-state index < -0.39 is 0 Å². The number of amides is 1. The van der Waals surface area contributed by atoms with Crippen LogP contribution in [-0.2, 0) is 4.79 Å². The van der Waals surface area contributed by atoms with Crippen molar-refractivity contribution in [3.63, 3.8) is 0 Å². The number of carbonyl (C=O) groups is 1. The minimum atomic E-state index is -0.387. The largest absolute Gasteiger partial charge is 0.353 e. The lowest BCUT2D eigenvalue weighted by Crippen LogP contribution is -2.37. The maximum atomic E-state index is 11.7. The van der Waals surface area contributed by atoms with E-state index in [1.807, 2.05) is 30.3 Å². The van der Waals surface area contributed by atoms with E-state index in [1.54, 1.807) is 0 Å². The number of carbonyl (C=O) groups excluding carboxylic acids is 1. The third-order valence-electron chi connectivity index (χ3n) is 2.78. The van der Waals surface area contributed by atoms with Gasteiger partial charge in [-0.2, -0.15) is 0 Å². The molecule has 1 unspecified atom stereocenters. The van der Waals surface area contributed by atoms with E-state index in [4.69, 9.17) is 0 Å². The molecule has 0 bridgehead atoms. The van der Waals surface area contributed by atoms with Crippen LogP contribution in [0.5, 0.6) is 0 Å². The molecule has 4 heteroatoms. The maximum absolute atomic E-state index is 11.7. The number of nitrogens with one attached hydrogen (secondary N) is 2. The van der Waals surface area contributed by atoms with Crippen LogP contribution in [0.3, 0.4) is 0 Å². The van der Waals surface area contributed by atoms with Crippen molar-refractivity contribution in [1.29, 1.82) is 0 Å². The monoisotopic (exact) mass is 215 g/mol. The molecule has 0 spiro atoms. The molecular weight excluding hydrogens is 202 g/mol. The van der Waals surface area contributed by atoms with Gasteiger partial charge in [-0.25, -0.2) is 4.99 Å². The zero-order valence-electron chi connectivity index (χ0n) is 8.81. The summed E-state index contributed by atoms with van der Waals surface area (Å²) in [5.41, 5.74) is 0.938. The van der Waals surface area contributed by atoms with E-state index in [9.17, 15) is 4.79 Å². The molecule has 1 aliphatic heterocycles. The summed E-state index contributed by atoms with van der Waals surface area (Å²) in [7, 11) is 0. The Labute approximate surface area is 93.8 Å². The Balaban J connectivity index is 1.79. The molecule has 1 aliphatic carbocycles. The van der Waals surface area contributed by atoms with Crippen LogP contribution in [0.2, 0.25) is 0 Å². The molecule has 0 aromatic heterocycles. The lowest BCUT2D eigenvalue weighted by atomic mass is 10.1. The second-order valence-corrected chi connectivity index (χ2v) is 4.20. The highest BCUT2D eigenvalue weighted by atomic mass is 16.2. The van der Waals surface area contributed by atoms with E-state index >= 15 is 0 Å². The van der Waals surface area contributed by atoms with Crippen molar-refractivity contribution in [2.24, 2.45) is 4.99 Å². The maximum Gasteiger partial charge on any atom is 0.256 e. The molecule has 1 atom stereocenters. The Morgan fingerprint density at radius 2 is 2.00 bits per heavy atom. The van der Waals surface area contributed by atoms with Crippen molar-refractivity contribution in [1.82, 2.24) is 10.6 Å². The molecule has 2 N–H and O–H groups in total. The molecule has 0 saturated heterocycles. The fourth-order valence-electron chi connectivity index (χ4n) is 1.76. The summed E-state index contributed by atoms with van der Waals surface area (Å²) >= 11 is 0. The van der Waals surface area contributed by atoms with Crippen molar-refractivity contribution < 1.29 is 4.79 Å². The fourth-order valence-corrected chi connectivity index (χ4v) is 1.76. The zero-order valence-corrected chi connectivity index (χ0v) is 8.81. The lowest BCUT2D eigenvalue weighted by Gasteiger charge is -2.02. The van der Waals surface area contributed by atoms with Crippen LogP contribution in [0.4, 0.5) is 0 Å². The standard InChI is InChI=1S/C12H13N3O/c16-11-10(8-4-2-1-3-5-8)14-12(15-11)13-9-6-7-9/h1-5,9-10H,6-7H2,(H2,13,14,15,16). The van der Waals surface area contributed by atoms with Gasteiger partial charge in [0.25, 0.3) is 5.91 Å². The number of nitrogens with zero attached hydrogens (tertiary/aromatic N) is 1. The first kappa shape index (κ1) is 9.39. The van der Waals surface area contributed by atoms with Crippen molar-refractivity contribution in [3.05, 3.63) is 35.9 Å². The molecular formula is C12H13N3O. The van der Waals surface area contributed by atoms with Crippen LogP contribution >= 0.6 is 0 Å². The van der Waals surface area contributed by atoms with Gasteiger partial charge in [0.15, 0.2) is 12.0 Å². The normalized spacial score (nSPS) is 23.9. The highest BCUT2D eigenvalue weighted by Gasteiger charge is 2.30. The molecule has 16 heavy (non-hydrogen) atoms. The van der Waals surface area contributed by atoms with Gasteiger partial charge in [-0.05, 0) is 18.4 Å². The first-order chi connectivity index (χ1) is 7.83. The molecule has 1 amide bonds. The van der Waals surface area contributed by atoms with Crippen molar-refractivity contribution in [3.8, 4) is 0 Å². The van der Waals surface area contributed by atoms with Crippen LogP contribution in [-0.4, -0.2) is 17.9 Å². The smallest absolute Gasteiger partial charge is 0.256 e. The summed E-state index contributed by atoms with van der Waals surface area (Å²) in [5, 5.41) is 5.97. The second kappa shape index (κ2) is 3.63. The van der Waals surface area contributed by atoms with Crippen molar-refractivity contribution in [2.75, 3.05) is 0 Å². The van der Waals surface area contributed by atoms with Gasteiger partial charge < -0.3 is 5.32 Å². The van der Waals surface area contributed by atoms with Crippen LogP contribution in [0.1, 0.15) is 24.4 Å². The second-order valence-electron chi connectivity index (χ2n) is 4.20. The van der Waals surface area contributed by atoms with Gasteiger partial charge in [-0.3, -0.25) is 10.1 Å². The Morgan fingerprint density at radius 1 is 1.25 bits per heavy atom. The lowest BCUT2D eigenvalue weighted by molar-refractivity contribution is -0.120. The zero-order chi connectivity index (χ0) is 11.0. The number of rotatable bonds is 2. The molecule has 1 saturated carbocycles. The third-order valence-corrected chi connectivity index (χ3v) is 2.78. The summed E-state index contributed by atoms with van der Waals surface area (Å²) in [5.74, 6) is 0.579. The Kier molecular flexibility index (Phi) is 2.13. The number of hydrogen-bond acceptors (Lipinski definition) is 3. The SMILES string of the molecule is O=C1NC(NC2CC2)=NC1c1ccccc1. The summed E-state index contributed by atoms with van der Waals surface area (Å²) in [6.45, 7) is 0. The van der Waals surface area contributed by atoms with Crippen LogP contribution < -0.4 is 10.6 Å². The Hall–Kier alpha value is -1.84. The fraction of sp³-hybridized carbons (Fsp3) is 0.333. The molecule has 1 aromatic carbocycles. The first-order valence-corrected chi connectivity index (χ1v) is 5.53. The van der Waals surface area contributed by atoms with Gasteiger partial charge in [0.05, 0.1) is 0 Å². The van der Waals surface area contributed by atoms with Crippen molar-refractivity contribution >= 4 is 11.9 Å². The molecule has 0 radical (unpaired) electrons. The highest BCUT2D eigenvalue weighted by molar-refractivity contribution is 6.05. The molecule has 1 heterocycles. The Bertz CT molecular complexity index is 437. The third kappa shape index (κ3) is 1.78.